The Labute approximate surface area is 160 Å². The first kappa shape index (κ1) is 19.1. The van der Waals surface area contributed by atoms with Crippen molar-refractivity contribution in [2.45, 2.75) is 58.9 Å². The van der Waals surface area contributed by atoms with E-state index < -0.39 is 0 Å². The number of nitrogens with one attached hydrogen (secondary N) is 2. The molecule has 2 amide bonds. The SMILES string of the molecule is CCCNC(=O)c1nc(C(=O)Nc2ccc(C(C)C)cc2)n2c1CCCC2. The largest absolute Gasteiger partial charge is 0.351 e. The number of benzene rings is 1. The van der Waals surface area contributed by atoms with E-state index in [0.29, 0.717) is 24.0 Å². The maximum atomic E-state index is 12.8. The fraction of sp³-hybridized carbons (Fsp3) is 0.476. The summed E-state index contributed by atoms with van der Waals surface area (Å²) in [6.45, 7) is 7.60. The van der Waals surface area contributed by atoms with Gasteiger partial charge in [0.1, 0.15) is 5.69 Å². The molecule has 1 aromatic heterocycles. The molecule has 1 aliphatic heterocycles. The van der Waals surface area contributed by atoms with Crippen LogP contribution in [0.2, 0.25) is 0 Å². The third-order valence-corrected chi connectivity index (χ3v) is 4.91. The number of fused-ring (bicyclic) bond motifs is 1. The molecule has 6 nitrogen and oxygen atoms in total. The minimum Gasteiger partial charge on any atom is -0.351 e. The minimum atomic E-state index is -0.273. The molecular formula is C21H28N4O2. The Hall–Kier alpha value is -2.63. The van der Waals surface area contributed by atoms with Crippen molar-refractivity contribution in [1.29, 1.82) is 0 Å². The predicted octanol–water partition coefficient (Wildman–Crippen LogP) is 3.73. The molecule has 0 spiro atoms. The molecule has 2 aromatic rings. The highest BCUT2D eigenvalue weighted by atomic mass is 16.2. The average Bonchev–Trinajstić information content (AvgIpc) is 3.06. The monoisotopic (exact) mass is 368 g/mol. The number of imidazole rings is 1. The van der Waals surface area contributed by atoms with Gasteiger partial charge in [-0.3, -0.25) is 9.59 Å². The molecule has 0 unspecified atom stereocenters. The number of hydrogen-bond donors (Lipinski definition) is 2. The summed E-state index contributed by atoms with van der Waals surface area (Å²) in [7, 11) is 0. The molecule has 1 aliphatic rings. The van der Waals surface area contributed by atoms with E-state index in [1.54, 1.807) is 0 Å². The average molecular weight is 368 g/mol. The zero-order chi connectivity index (χ0) is 19.4. The number of anilines is 1. The molecule has 6 heteroatoms. The first-order valence-corrected chi connectivity index (χ1v) is 9.80. The lowest BCUT2D eigenvalue weighted by Crippen LogP contribution is -2.26. The second-order valence-corrected chi connectivity index (χ2v) is 7.33. The molecule has 0 saturated heterocycles. The van der Waals surface area contributed by atoms with Gasteiger partial charge in [0.15, 0.2) is 5.82 Å². The van der Waals surface area contributed by atoms with Gasteiger partial charge in [0.2, 0.25) is 0 Å². The van der Waals surface area contributed by atoms with E-state index in [0.717, 1.165) is 43.6 Å². The summed E-state index contributed by atoms with van der Waals surface area (Å²) < 4.78 is 1.90. The van der Waals surface area contributed by atoms with Crippen LogP contribution in [0.4, 0.5) is 5.69 Å². The summed E-state index contributed by atoms with van der Waals surface area (Å²) in [6.07, 6.45) is 3.64. The van der Waals surface area contributed by atoms with Crippen LogP contribution >= 0.6 is 0 Å². The first-order chi connectivity index (χ1) is 13.0. The molecule has 3 rings (SSSR count). The standard InChI is InChI=1S/C21H28N4O2/c1-4-12-22-20(26)18-17-7-5-6-13-25(17)19(24-18)21(27)23-16-10-8-15(9-11-16)14(2)3/h8-11,14H,4-7,12-13H2,1-3H3,(H,22,26)(H,23,27). The smallest absolute Gasteiger partial charge is 0.291 e. The van der Waals surface area contributed by atoms with Crippen molar-refractivity contribution >= 4 is 17.5 Å². The first-order valence-electron chi connectivity index (χ1n) is 9.80. The normalized spacial score (nSPS) is 13.3. The van der Waals surface area contributed by atoms with Crippen LogP contribution in [-0.2, 0) is 13.0 Å². The number of aromatic nitrogens is 2. The molecule has 0 fully saturated rings. The number of amides is 2. The number of carbonyl (C=O) groups is 2. The number of hydrogen-bond acceptors (Lipinski definition) is 3. The van der Waals surface area contributed by atoms with Gasteiger partial charge in [-0.2, -0.15) is 0 Å². The van der Waals surface area contributed by atoms with Crippen molar-refractivity contribution in [3.8, 4) is 0 Å². The Morgan fingerprint density at radius 2 is 1.89 bits per heavy atom. The van der Waals surface area contributed by atoms with Crippen LogP contribution in [0, 0.1) is 0 Å². The molecule has 0 bridgehead atoms. The van der Waals surface area contributed by atoms with Gasteiger partial charge in [-0.15, -0.1) is 0 Å². The van der Waals surface area contributed by atoms with Crippen LogP contribution in [0.3, 0.4) is 0 Å². The summed E-state index contributed by atoms with van der Waals surface area (Å²) in [5, 5.41) is 5.79. The van der Waals surface area contributed by atoms with Gasteiger partial charge in [0.05, 0.1) is 5.69 Å². The number of rotatable bonds is 6. The molecule has 27 heavy (non-hydrogen) atoms. The molecule has 0 saturated carbocycles. The van der Waals surface area contributed by atoms with Gasteiger partial charge in [0.25, 0.3) is 11.8 Å². The zero-order valence-corrected chi connectivity index (χ0v) is 16.3. The molecule has 0 aliphatic carbocycles. The molecule has 2 heterocycles. The zero-order valence-electron chi connectivity index (χ0n) is 16.3. The van der Waals surface area contributed by atoms with Gasteiger partial charge in [-0.1, -0.05) is 32.9 Å². The third-order valence-electron chi connectivity index (χ3n) is 4.91. The van der Waals surface area contributed by atoms with Gasteiger partial charge < -0.3 is 15.2 Å². The van der Waals surface area contributed by atoms with Gasteiger partial charge >= 0.3 is 0 Å². The van der Waals surface area contributed by atoms with Crippen LogP contribution in [0.25, 0.3) is 0 Å². The van der Waals surface area contributed by atoms with E-state index in [1.807, 2.05) is 35.8 Å². The Bertz CT molecular complexity index is 821. The van der Waals surface area contributed by atoms with E-state index >= 15 is 0 Å². The van der Waals surface area contributed by atoms with Crippen LogP contribution in [0.1, 0.15) is 78.3 Å². The number of carbonyl (C=O) groups excluding carboxylic acids is 2. The summed E-state index contributed by atoms with van der Waals surface area (Å²) >= 11 is 0. The maximum Gasteiger partial charge on any atom is 0.291 e. The molecule has 1 aromatic carbocycles. The Kier molecular flexibility index (Phi) is 5.94. The lowest BCUT2D eigenvalue weighted by atomic mass is 10.0. The quantitative estimate of drug-likeness (QED) is 0.816. The molecule has 2 N–H and O–H groups in total. The Balaban J connectivity index is 1.83. The maximum absolute atomic E-state index is 12.8. The summed E-state index contributed by atoms with van der Waals surface area (Å²) in [5.41, 5.74) is 3.22. The van der Waals surface area contributed by atoms with Crippen LogP contribution in [-0.4, -0.2) is 27.9 Å². The second kappa shape index (κ2) is 8.37. The molecule has 144 valence electrons. The molecular weight excluding hydrogens is 340 g/mol. The minimum absolute atomic E-state index is 0.192. The van der Waals surface area contributed by atoms with Crippen LogP contribution in [0.15, 0.2) is 24.3 Å². The number of nitrogens with zero attached hydrogens (tertiary/aromatic N) is 2. The predicted molar refractivity (Wildman–Crippen MR) is 106 cm³/mol. The van der Waals surface area contributed by atoms with Crippen molar-refractivity contribution in [2.24, 2.45) is 0 Å². The van der Waals surface area contributed by atoms with E-state index in [9.17, 15) is 9.59 Å². The highest BCUT2D eigenvalue weighted by Crippen LogP contribution is 2.22. The Morgan fingerprint density at radius 1 is 1.15 bits per heavy atom. The molecule has 0 radical (unpaired) electrons. The van der Waals surface area contributed by atoms with E-state index in [-0.39, 0.29) is 11.8 Å². The Morgan fingerprint density at radius 3 is 2.56 bits per heavy atom. The topological polar surface area (TPSA) is 76.0 Å². The lowest BCUT2D eigenvalue weighted by molar-refractivity contribution is 0.0947. The fourth-order valence-corrected chi connectivity index (χ4v) is 3.36. The van der Waals surface area contributed by atoms with Crippen LogP contribution in [0.5, 0.6) is 0 Å². The van der Waals surface area contributed by atoms with Crippen molar-refractivity contribution in [3.63, 3.8) is 0 Å². The summed E-state index contributed by atoms with van der Waals surface area (Å²) in [5.74, 6) is 0.297. The van der Waals surface area contributed by atoms with E-state index in [1.165, 1.54) is 5.56 Å². The second-order valence-electron chi connectivity index (χ2n) is 7.33. The van der Waals surface area contributed by atoms with Gasteiger partial charge in [-0.25, -0.2) is 4.98 Å². The lowest BCUT2D eigenvalue weighted by Gasteiger charge is -2.17. The van der Waals surface area contributed by atoms with Gasteiger partial charge in [-0.05, 0) is 49.3 Å². The summed E-state index contributed by atoms with van der Waals surface area (Å²) in [4.78, 5) is 29.7. The van der Waals surface area contributed by atoms with Crippen molar-refractivity contribution in [2.75, 3.05) is 11.9 Å². The van der Waals surface area contributed by atoms with Gasteiger partial charge in [0, 0.05) is 18.8 Å². The van der Waals surface area contributed by atoms with Crippen molar-refractivity contribution in [3.05, 3.63) is 47.0 Å². The van der Waals surface area contributed by atoms with Crippen molar-refractivity contribution in [1.82, 2.24) is 14.9 Å². The highest BCUT2D eigenvalue weighted by molar-refractivity contribution is 6.03. The van der Waals surface area contributed by atoms with E-state index in [4.69, 9.17) is 0 Å². The van der Waals surface area contributed by atoms with E-state index in [2.05, 4.69) is 29.5 Å². The highest BCUT2D eigenvalue weighted by Gasteiger charge is 2.27. The third kappa shape index (κ3) is 4.21. The van der Waals surface area contributed by atoms with Crippen LogP contribution < -0.4 is 10.6 Å². The van der Waals surface area contributed by atoms with Crippen molar-refractivity contribution < 1.29 is 9.59 Å². The summed E-state index contributed by atoms with van der Waals surface area (Å²) in [6, 6.07) is 7.85. The fourth-order valence-electron chi connectivity index (χ4n) is 3.36. The molecule has 0 atom stereocenters.